The Bertz CT molecular complexity index is 1540. The van der Waals surface area contributed by atoms with Gasteiger partial charge in [-0.15, -0.1) is 11.3 Å². The number of ether oxygens (including phenoxy) is 1. The zero-order valence-electron chi connectivity index (χ0n) is 17.9. The molecule has 0 spiro atoms. The molecule has 0 atom stereocenters. The van der Waals surface area contributed by atoms with E-state index in [4.69, 9.17) is 14.1 Å². The van der Waals surface area contributed by atoms with Crippen LogP contribution in [0.1, 0.15) is 17.1 Å². The Morgan fingerprint density at radius 3 is 2.78 bits per heavy atom. The van der Waals surface area contributed by atoms with Gasteiger partial charge in [0.25, 0.3) is 0 Å². The molecule has 9 heteroatoms. The number of aromatic amines is 1. The van der Waals surface area contributed by atoms with E-state index in [1.165, 1.54) is 6.07 Å². The predicted octanol–water partition coefficient (Wildman–Crippen LogP) is 4.71. The highest BCUT2D eigenvalue weighted by Crippen LogP contribution is 2.38. The summed E-state index contributed by atoms with van der Waals surface area (Å²) in [7, 11) is 1.59. The molecule has 0 unspecified atom stereocenters. The van der Waals surface area contributed by atoms with Gasteiger partial charge in [0.15, 0.2) is 16.5 Å². The number of hydrogen-bond donors (Lipinski definition) is 2. The molecule has 32 heavy (non-hydrogen) atoms. The second-order valence-electron chi connectivity index (χ2n) is 7.48. The van der Waals surface area contributed by atoms with Crippen molar-refractivity contribution in [3.8, 4) is 45.7 Å². The Labute approximate surface area is 186 Å². The average Bonchev–Trinajstić information content (AvgIpc) is 3.45. The molecule has 2 N–H and O–H groups in total. The Hall–Kier alpha value is -3.85. The number of benzene rings is 1. The summed E-state index contributed by atoms with van der Waals surface area (Å²) in [5.41, 5.74) is 3.79. The van der Waals surface area contributed by atoms with E-state index in [1.807, 2.05) is 47.9 Å². The van der Waals surface area contributed by atoms with E-state index in [0.717, 1.165) is 27.6 Å². The van der Waals surface area contributed by atoms with Gasteiger partial charge in [0, 0.05) is 22.7 Å². The van der Waals surface area contributed by atoms with Crippen molar-refractivity contribution in [3.63, 3.8) is 0 Å². The standard InChI is InChI=1S/C23H20N4O4S/c1-11-10-32-23-24-13(3)19(27(11)23)22-25-17(14-6-5-7-15(9-14)30-4)18(26-22)21-20(29)16(28)8-12(2)31-21/h5-10,29H,1-4H3,(H,25,26). The van der Waals surface area contributed by atoms with Crippen LogP contribution in [0.2, 0.25) is 0 Å². The maximum Gasteiger partial charge on any atom is 0.227 e. The molecule has 162 valence electrons. The summed E-state index contributed by atoms with van der Waals surface area (Å²) in [5, 5.41) is 12.6. The van der Waals surface area contributed by atoms with Crippen molar-refractivity contribution in [1.82, 2.24) is 19.4 Å². The van der Waals surface area contributed by atoms with E-state index in [0.29, 0.717) is 28.7 Å². The highest BCUT2D eigenvalue weighted by Gasteiger charge is 2.25. The van der Waals surface area contributed by atoms with E-state index < -0.39 is 11.2 Å². The highest BCUT2D eigenvalue weighted by molar-refractivity contribution is 7.15. The molecule has 4 heterocycles. The van der Waals surface area contributed by atoms with Gasteiger partial charge in [-0.1, -0.05) is 12.1 Å². The molecule has 0 amide bonds. The Morgan fingerprint density at radius 1 is 1.19 bits per heavy atom. The summed E-state index contributed by atoms with van der Waals surface area (Å²) < 4.78 is 13.2. The largest absolute Gasteiger partial charge is 0.501 e. The van der Waals surface area contributed by atoms with Crippen molar-refractivity contribution < 1.29 is 14.3 Å². The van der Waals surface area contributed by atoms with Crippen LogP contribution in [0.15, 0.2) is 44.9 Å². The van der Waals surface area contributed by atoms with Crippen molar-refractivity contribution in [2.75, 3.05) is 7.11 Å². The number of aromatic hydroxyl groups is 1. The van der Waals surface area contributed by atoms with Crippen LogP contribution >= 0.6 is 11.3 Å². The molecule has 8 nitrogen and oxygen atoms in total. The highest BCUT2D eigenvalue weighted by atomic mass is 32.1. The summed E-state index contributed by atoms with van der Waals surface area (Å²) in [6, 6.07) is 8.65. The smallest absolute Gasteiger partial charge is 0.227 e. The third-order valence-electron chi connectivity index (χ3n) is 5.25. The van der Waals surface area contributed by atoms with Gasteiger partial charge in [-0.3, -0.25) is 9.20 Å². The van der Waals surface area contributed by atoms with Crippen LogP contribution in [0.5, 0.6) is 11.5 Å². The van der Waals surface area contributed by atoms with Crippen LogP contribution in [-0.4, -0.2) is 31.6 Å². The fourth-order valence-electron chi connectivity index (χ4n) is 3.78. The summed E-state index contributed by atoms with van der Waals surface area (Å²) in [5.74, 6) is 1.15. The molecule has 0 saturated heterocycles. The molecule has 0 bridgehead atoms. The lowest BCUT2D eigenvalue weighted by molar-refractivity contribution is 0.415. The fraction of sp³-hybridized carbons (Fsp3) is 0.174. The number of aromatic nitrogens is 4. The molecule has 0 saturated carbocycles. The van der Waals surface area contributed by atoms with Crippen LogP contribution in [-0.2, 0) is 0 Å². The molecule has 0 aliphatic rings. The summed E-state index contributed by atoms with van der Waals surface area (Å²) in [4.78, 5) is 25.9. The molecule has 5 aromatic rings. The van der Waals surface area contributed by atoms with Crippen molar-refractivity contribution in [2.45, 2.75) is 20.8 Å². The number of hydrogen-bond acceptors (Lipinski definition) is 7. The second kappa shape index (κ2) is 7.38. The van der Waals surface area contributed by atoms with Crippen LogP contribution in [0.25, 0.3) is 39.2 Å². The minimum atomic E-state index is -0.520. The molecule has 0 fully saturated rings. The average molecular weight is 449 g/mol. The SMILES string of the molecule is COc1cccc(-c2nc(-c3c(C)nc4scc(C)n34)[nH]c2-c2oc(C)cc(=O)c2O)c1. The lowest BCUT2D eigenvalue weighted by atomic mass is 10.1. The predicted molar refractivity (Wildman–Crippen MR) is 122 cm³/mol. The van der Waals surface area contributed by atoms with E-state index >= 15 is 0 Å². The van der Waals surface area contributed by atoms with E-state index in [9.17, 15) is 9.90 Å². The number of thiazole rings is 1. The Morgan fingerprint density at radius 2 is 2.00 bits per heavy atom. The van der Waals surface area contributed by atoms with E-state index in [1.54, 1.807) is 25.4 Å². The van der Waals surface area contributed by atoms with Gasteiger partial charge >= 0.3 is 0 Å². The first kappa shape index (κ1) is 20.1. The van der Waals surface area contributed by atoms with Gasteiger partial charge < -0.3 is 19.2 Å². The van der Waals surface area contributed by atoms with Crippen LogP contribution in [0, 0.1) is 20.8 Å². The maximum absolute atomic E-state index is 12.3. The number of aryl methyl sites for hydroxylation is 3. The zero-order chi connectivity index (χ0) is 22.6. The first-order chi connectivity index (χ1) is 15.4. The fourth-order valence-corrected chi connectivity index (χ4v) is 4.69. The quantitative estimate of drug-likeness (QED) is 0.412. The van der Waals surface area contributed by atoms with E-state index in [2.05, 4.69) is 9.97 Å². The molecular weight excluding hydrogens is 428 g/mol. The monoisotopic (exact) mass is 448 g/mol. The molecule has 0 aliphatic heterocycles. The Balaban J connectivity index is 1.83. The molecular formula is C23H20N4O4S. The maximum atomic E-state index is 12.3. The lowest BCUT2D eigenvalue weighted by Crippen LogP contribution is -2.01. The van der Waals surface area contributed by atoms with Gasteiger partial charge in [0.2, 0.25) is 11.2 Å². The number of methoxy groups -OCH3 is 1. The van der Waals surface area contributed by atoms with Crippen LogP contribution in [0.4, 0.5) is 0 Å². The van der Waals surface area contributed by atoms with Crippen molar-refractivity contribution in [1.29, 1.82) is 0 Å². The van der Waals surface area contributed by atoms with Crippen LogP contribution in [0.3, 0.4) is 0 Å². The number of imidazole rings is 2. The van der Waals surface area contributed by atoms with Crippen molar-refractivity contribution >= 4 is 16.3 Å². The lowest BCUT2D eigenvalue weighted by Gasteiger charge is -2.06. The zero-order valence-corrected chi connectivity index (χ0v) is 18.7. The van der Waals surface area contributed by atoms with Gasteiger partial charge in [-0.2, -0.15) is 0 Å². The van der Waals surface area contributed by atoms with Crippen LogP contribution < -0.4 is 10.2 Å². The number of rotatable bonds is 4. The number of H-pyrrole nitrogens is 1. The van der Waals surface area contributed by atoms with Gasteiger partial charge in [0.05, 0.1) is 12.8 Å². The first-order valence-corrected chi connectivity index (χ1v) is 10.8. The van der Waals surface area contributed by atoms with Gasteiger partial charge in [-0.25, -0.2) is 9.97 Å². The second-order valence-corrected chi connectivity index (χ2v) is 8.32. The van der Waals surface area contributed by atoms with Crippen molar-refractivity contribution in [3.05, 3.63) is 63.1 Å². The number of fused-ring (bicyclic) bond motifs is 1. The summed E-state index contributed by atoms with van der Waals surface area (Å²) >= 11 is 1.55. The topological polar surface area (TPSA) is 106 Å². The third-order valence-corrected chi connectivity index (χ3v) is 6.20. The minimum absolute atomic E-state index is 0.0343. The number of nitrogens with one attached hydrogen (secondary N) is 1. The molecule has 1 aromatic carbocycles. The number of nitrogens with zero attached hydrogens (tertiary/aromatic N) is 3. The van der Waals surface area contributed by atoms with Gasteiger partial charge in [-0.05, 0) is 32.9 Å². The summed E-state index contributed by atoms with van der Waals surface area (Å²) in [6.45, 7) is 5.59. The molecule has 4 aromatic heterocycles. The third kappa shape index (κ3) is 3.09. The Kier molecular flexibility index (Phi) is 4.63. The van der Waals surface area contributed by atoms with Crippen molar-refractivity contribution in [2.24, 2.45) is 0 Å². The molecule has 0 radical (unpaired) electrons. The molecule has 5 rings (SSSR count). The first-order valence-electron chi connectivity index (χ1n) is 9.89. The van der Waals surface area contributed by atoms with Gasteiger partial charge in [0.1, 0.15) is 28.6 Å². The summed E-state index contributed by atoms with van der Waals surface area (Å²) in [6.07, 6.45) is 0. The molecule has 0 aliphatic carbocycles. The van der Waals surface area contributed by atoms with E-state index in [-0.39, 0.29) is 5.76 Å². The normalized spacial score (nSPS) is 11.4. The minimum Gasteiger partial charge on any atom is -0.501 e.